The summed E-state index contributed by atoms with van der Waals surface area (Å²) in [7, 11) is 3.71. The van der Waals surface area contributed by atoms with Crippen molar-refractivity contribution in [3.05, 3.63) is 89.6 Å². The van der Waals surface area contributed by atoms with Gasteiger partial charge in [-0.1, -0.05) is 48.5 Å². The van der Waals surface area contributed by atoms with E-state index >= 15 is 0 Å². The van der Waals surface area contributed by atoms with Gasteiger partial charge >= 0.3 is 0 Å². The van der Waals surface area contributed by atoms with Crippen molar-refractivity contribution in [3.63, 3.8) is 0 Å². The highest BCUT2D eigenvalue weighted by atomic mass is 16.2. The van der Waals surface area contributed by atoms with Crippen molar-refractivity contribution in [2.24, 2.45) is 0 Å². The number of fused-ring (bicyclic) bond motifs is 4. The summed E-state index contributed by atoms with van der Waals surface area (Å²) in [6.45, 7) is 1.45. The van der Waals surface area contributed by atoms with Crippen molar-refractivity contribution in [2.45, 2.75) is 13.1 Å². The van der Waals surface area contributed by atoms with Crippen molar-refractivity contribution in [2.75, 3.05) is 26.0 Å². The molecule has 0 unspecified atom stereocenters. The number of nitrogens with zero attached hydrogens (tertiary/aromatic N) is 3. The summed E-state index contributed by atoms with van der Waals surface area (Å²) in [6.07, 6.45) is 5.02. The fraction of sp³-hybridized carbons (Fsp3) is 0.179. The molecule has 0 saturated heterocycles. The van der Waals surface area contributed by atoms with Crippen LogP contribution >= 0.6 is 0 Å². The second kappa shape index (κ2) is 9.08. The maximum Gasteiger partial charge on any atom is 0.246 e. The molecule has 0 aliphatic carbocycles. The first-order valence-electron chi connectivity index (χ1n) is 11.3. The van der Waals surface area contributed by atoms with E-state index in [0.717, 1.165) is 22.1 Å². The molecule has 0 fully saturated rings. The van der Waals surface area contributed by atoms with E-state index in [-0.39, 0.29) is 11.8 Å². The molecule has 0 radical (unpaired) electrons. The van der Waals surface area contributed by atoms with Crippen LogP contribution in [0.4, 0.5) is 5.82 Å². The van der Waals surface area contributed by atoms with Gasteiger partial charge in [-0.2, -0.15) is 0 Å². The number of carbonyl (C=O) groups excluding carboxylic acids is 2. The number of likely N-dealkylation sites (N-methyl/N-ethyl adjacent to an activating group) is 2. The van der Waals surface area contributed by atoms with Crippen LogP contribution in [-0.4, -0.2) is 47.2 Å². The van der Waals surface area contributed by atoms with E-state index in [1.54, 1.807) is 23.2 Å². The SMILES string of the molecule is CN1CC(=O)Nc2ncc(C=CC(=O)N(C)Cc3cc4ccccc4c4ccccc34)cc2C1. The number of nitrogens with one attached hydrogen (secondary N) is 1. The van der Waals surface area contributed by atoms with Gasteiger partial charge in [0.25, 0.3) is 0 Å². The molecule has 0 saturated carbocycles. The molecule has 2 heterocycles. The lowest BCUT2D eigenvalue weighted by Gasteiger charge is -2.18. The molecule has 1 aliphatic rings. The Kier molecular flexibility index (Phi) is 5.82. The van der Waals surface area contributed by atoms with Gasteiger partial charge in [0.2, 0.25) is 11.8 Å². The first-order chi connectivity index (χ1) is 16.5. The number of aromatic nitrogens is 1. The largest absolute Gasteiger partial charge is 0.338 e. The van der Waals surface area contributed by atoms with Gasteiger partial charge in [-0.05, 0) is 57.9 Å². The van der Waals surface area contributed by atoms with Crippen LogP contribution in [0.3, 0.4) is 0 Å². The lowest BCUT2D eigenvalue weighted by molar-refractivity contribution is -0.125. The zero-order valence-corrected chi connectivity index (χ0v) is 19.3. The molecule has 1 aromatic heterocycles. The predicted octanol–water partition coefficient (Wildman–Crippen LogP) is 4.44. The Hall–Kier alpha value is -4.03. The summed E-state index contributed by atoms with van der Waals surface area (Å²) in [5.41, 5.74) is 2.86. The molecule has 4 aromatic rings. The Morgan fingerprint density at radius 1 is 1.06 bits per heavy atom. The van der Waals surface area contributed by atoms with Gasteiger partial charge in [0, 0.05) is 38.0 Å². The van der Waals surface area contributed by atoms with E-state index in [4.69, 9.17) is 0 Å². The Morgan fingerprint density at radius 2 is 1.79 bits per heavy atom. The minimum atomic E-state index is -0.0856. The first-order valence-corrected chi connectivity index (χ1v) is 11.3. The van der Waals surface area contributed by atoms with Gasteiger partial charge in [-0.3, -0.25) is 14.5 Å². The Bertz CT molecular complexity index is 1440. The fourth-order valence-electron chi connectivity index (χ4n) is 4.51. The monoisotopic (exact) mass is 450 g/mol. The summed E-state index contributed by atoms with van der Waals surface area (Å²) in [4.78, 5) is 32.8. The first kappa shape index (κ1) is 21.8. The normalized spacial score (nSPS) is 14.2. The smallest absolute Gasteiger partial charge is 0.246 e. The highest BCUT2D eigenvalue weighted by Crippen LogP contribution is 2.29. The van der Waals surface area contributed by atoms with Gasteiger partial charge in [0.05, 0.1) is 6.54 Å². The van der Waals surface area contributed by atoms with Crippen LogP contribution in [0.25, 0.3) is 27.6 Å². The van der Waals surface area contributed by atoms with Crippen LogP contribution in [0.1, 0.15) is 16.7 Å². The van der Waals surface area contributed by atoms with E-state index in [2.05, 4.69) is 46.7 Å². The van der Waals surface area contributed by atoms with Crippen LogP contribution in [0, 0.1) is 0 Å². The molecule has 0 bridgehead atoms. The predicted molar refractivity (Wildman–Crippen MR) is 136 cm³/mol. The minimum Gasteiger partial charge on any atom is -0.338 e. The van der Waals surface area contributed by atoms with Crippen LogP contribution in [0.2, 0.25) is 0 Å². The summed E-state index contributed by atoms with van der Waals surface area (Å²) in [5.74, 6) is 0.422. The number of hydrogen-bond acceptors (Lipinski definition) is 4. The number of amides is 2. The van der Waals surface area contributed by atoms with Crippen LogP contribution in [0.5, 0.6) is 0 Å². The Morgan fingerprint density at radius 3 is 2.62 bits per heavy atom. The topological polar surface area (TPSA) is 65.5 Å². The van der Waals surface area contributed by atoms with Crippen molar-refractivity contribution >= 4 is 45.3 Å². The van der Waals surface area contributed by atoms with E-state index < -0.39 is 0 Å². The average Bonchev–Trinajstić information content (AvgIpc) is 2.98. The maximum absolute atomic E-state index is 12.9. The van der Waals surface area contributed by atoms with Crippen molar-refractivity contribution in [1.82, 2.24) is 14.8 Å². The van der Waals surface area contributed by atoms with Gasteiger partial charge in [0.1, 0.15) is 5.82 Å². The summed E-state index contributed by atoms with van der Waals surface area (Å²) in [5, 5.41) is 7.56. The zero-order valence-electron chi connectivity index (χ0n) is 19.3. The molecule has 6 heteroatoms. The molecule has 5 rings (SSSR count). The van der Waals surface area contributed by atoms with Gasteiger partial charge in [-0.15, -0.1) is 0 Å². The van der Waals surface area contributed by atoms with Crippen molar-refractivity contribution in [1.29, 1.82) is 0 Å². The zero-order chi connectivity index (χ0) is 23.7. The summed E-state index contributed by atoms with van der Waals surface area (Å²) < 4.78 is 0. The number of carbonyl (C=O) groups is 2. The second-order valence-electron chi connectivity index (χ2n) is 8.83. The molecular weight excluding hydrogens is 424 g/mol. The third-order valence-electron chi connectivity index (χ3n) is 6.16. The lowest BCUT2D eigenvalue weighted by atomic mass is 9.97. The molecule has 1 N–H and O–H groups in total. The minimum absolute atomic E-state index is 0.0740. The summed E-state index contributed by atoms with van der Waals surface area (Å²) >= 11 is 0. The third-order valence-corrected chi connectivity index (χ3v) is 6.16. The molecule has 0 atom stereocenters. The second-order valence-corrected chi connectivity index (χ2v) is 8.83. The number of anilines is 1. The maximum atomic E-state index is 12.9. The van der Waals surface area contributed by atoms with E-state index in [0.29, 0.717) is 25.5 Å². The summed E-state index contributed by atoms with van der Waals surface area (Å²) in [6, 6.07) is 20.8. The standard InChI is InChI=1S/C28H26N4O2/c1-31-16-22-13-19(15-29-28(22)30-26(33)18-31)11-12-27(34)32(2)17-21-14-20-7-3-4-8-23(20)25-10-6-5-9-24(21)25/h3-15H,16-18H2,1-2H3,(H,29,30,33). The highest BCUT2D eigenvalue weighted by molar-refractivity contribution is 6.09. The molecule has 2 amide bonds. The van der Waals surface area contributed by atoms with Crippen LogP contribution in [-0.2, 0) is 22.7 Å². The molecule has 170 valence electrons. The van der Waals surface area contributed by atoms with Crippen molar-refractivity contribution < 1.29 is 9.59 Å². The number of rotatable bonds is 4. The highest BCUT2D eigenvalue weighted by Gasteiger charge is 2.17. The molecule has 3 aromatic carbocycles. The van der Waals surface area contributed by atoms with Crippen molar-refractivity contribution in [3.8, 4) is 0 Å². The Labute approximate surface area is 198 Å². The van der Waals surface area contributed by atoms with Crippen LogP contribution < -0.4 is 5.32 Å². The molecule has 6 nitrogen and oxygen atoms in total. The van der Waals surface area contributed by atoms with Crippen LogP contribution in [0.15, 0.2) is 72.9 Å². The quantitative estimate of drug-likeness (QED) is 0.369. The van der Waals surface area contributed by atoms with E-state index in [1.165, 1.54) is 16.2 Å². The molecular formula is C28H26N4O2. The van der Waals surface area contributed by atoms with E-state index in [9.17, 15) is 9.59 Å². The lowest BCUT2D eigenvalue weighted by Crippen LogP contribution is -2.26. The van der Waals surface area contributed by atoms with Gasteiger partial charge < -0.3 is 10.2 Å². The number of pyridine rings is 1. The fourth-order valence-corrected chi connectivity index (χ4v) is 4.51. The number of benzene rings is 3. The van der Waals surface area contributed by atoms with Gasteiger partial charge in [0.15, 0.2) is 0 Å². The molecule has 1 aliphatic heterocycles. The van der Waals surface area contributed by atoms with E-state index in [1.807, 2.05) is 43.3 Å². The number of hydrogen-bond donors (Lipinski definition) is 1. The molecule has 34 heavy (non-hydrogen) atoms. The van der Waals surface area contributed by atoms with Gasteiger partial charge in [-0.25, -0.2) is 4.98 Å². The third kappa shape index (κ3) is 4.40. The molecule has 0 spiro atoms. The average molecular weight is 451 g/mol. The Balaban J connectivity index is 1.36.